The largest absolute Gasteiger partial charge is 0.471 e. The van der Waals surface area contributed by atoms with Crippen molar-refractivity contribution in [3.63, 3.8) is 0 Å². The molecule has 58 valence electrons. The molecule has 0 fully saturated rings. The molecule has 0 atom stereocenters. The average Bonchev–Trinajstić information content (AvgIpc) is 2.08. The maximum Gasteiger partial charge on any atom is 0.292 e. The predicted octanol–water partition coefficient (Wildman–Crippen LogP) is 1.91. The number of methoxy groups -OCH3 is 1. The molecule has 0 heterocycles. The summed E-state index contributed by atoms with van der Waals surface area (Å²) in [6.45, 7) is 0.375. The number of carbonyl (C=O) groups excluding carboxylic acids is 1. The van der Waals surface area contributed by atoms with Crippen LogP contribution >= 0.6 is 0 Å². The third-order valence-corrected chi connectivity index (χ3v) is 1.25. The van der Waals surface area contributed by atoms with Crippen LogP contribution in [-0.2, 0) is 9.53 Å². The van der Waals surface area contributed by atoms with E-state index in [-0.39, 0.29) is 0 Å². The van der Waals surface area contributed by atoms with Gasteiger partial charge in [-0.05, 0) is 25.7 Å². The van der Waals surface area contributed by atoms with Crippen molar-refractivity contribution < 1.29 is 9.53 Å². The first-order valence-corrected chi connectivity index (χ1v) is 3.53. The van der Waals surface area contributed by atoms with Crippen LogP contribution in [0.2, 0.25) is 0 Å². The van der Waals surface area contributed by atoms with Gasteiger partial charge in [0.1, 0.15) is 0 Å². The topological polar surface area (TPSA) is 26.3 Å². The number of allylic oxidation sites excluding steroid dienone is 2. The van der Waals surface area contributed by atoms with Crippen LogP contribution in [0.25, 0.3) is 0 Å². The Morgan fingerprint density at radius 2 is 1.70 bits per heavy atom. The number of hydrogen-bond donors (Lipinski definition) is 0. The Bertz CT molecular complexity index is 89.4. The predicted molar refractivity (Wildman–Crippen MR) is 40.7 cm³/mol. The van der Waals surface area contributed by atoms with Crippen molar-refractivity contribution in [2.75, 3.05) is 7.11 Å². The van der Waals surface area contributed by atoms with E-state index in [9.17, 15) is 0 Å². The minimum Gasteiger partial charge on any atom is -0.471 e. The summed E-state index contributed by atoms with van der Waals surface area (Å²) in [5.74, 6) is 0. The molecule has 0 aromatic carbocycles. The van der Waals surface area contributed by atoms with Crippen LogP contribution in [0.5, 0.6) is 0 Å². The Kier molecular flexibility index (Phi) is 7.56. The quantitative estimate of drug-likeness (QED) is 0.413. The molecule has 2 heteroatoms. The maximum absolute atomic E-state index is 8.95. The fourth-order valence-corrected chi connectivity index (χ4v) is 0.760. The second kappa shape index (κ2) is 8.21. The SMILES string of the molecule is C1=CCCCC1.COC=O. The molecule has 0 saturated carbocycles. The molecule has 0 aromatic heterocycles. The molecular weight excluding hydrogens is 128 g/mol. The van der Waals surface area contributed by atoms with E-state index in [1.807, 2.05) is 0 Å². The standard InChI is InChI=1S/C6H10.C2H4O2/c1-2-4-6-5-3-1;1-4-2-3/h1-2H,3-6H2;2H,1H3. The third kappa shape index (κ3) is 7.21. The van der Waals surface area contributed by atoms with Gasteiger partial charge in [0.15, 0.2) is 0 Å². The highest BCUT2D eigenvalue weighted by Gasteiger charge is 1.87. The molecule has 0 spiro atoms. The van der Waals surface area contributed by atoms with Crippen LogP contribution in [-0.4, -0.2) is 13.6 Å². The van der Waals surface area contributed by atoms with Gasteiger partial charge in [0.25, 0.3) is 6.47 Å². The highest BCUT2D eigenvalue weighted by atomic mass is 16.5. The van der Waals surface area contributed by atoms with Crippen molar-refractivity contribution >= 4 is 6.47 Å². The van der Waals surface area contributed by atoms with Crippen molar-refractivity contribution in [1.29, 1.82) is 0 Å². The second-order valence-electron chi connectivity index (χ2n) is 2.09. The molecule has 1 aliphatic carbocycles. The first kappa shape index (κ1) is 9.21. The molecule has 0 bridgehead atoms. The minimum absolute atomic E-state index is 0.375. The Labute approximate surface area is 61.9 Å². The Morgan fingerprint density at radius 3 is 1.80 bits per heavy atom. The maximum atomic E-state index is 8.95. The minimum atomic E-state index is 0.375. The van der Waals surface area contributed by atoms with Crippen molar-refractivity contribution in [3.8, 4) is 0 Å². The monoisotopic (exact) mass is 142 g/mol. The van der Waals surface area contributed by atoms with Crippen LogP contribution in [0.4, 0.5) is 0 Å². The van der Waals surface area contributed by atoms with Crippen molar-refractivity contribution in [3.05, 3.63) is 12.2 Å². The second-order valence-corrected chi connectivity index (χ2v) is 2.09. The molecule has 0 aromatic rings. The fourth-order valence-electron chi connectivity index (χ4n) is 0.760. The summed E-state index contributed by atoms with van der Waals surface area (Å²) in [5, 5.41) is 0. The van der Waals surface area contributed by atoms with Crippen LogP contribution in [0, 0.1) is 0 Å². The van der Waals surface area contributed by atoms with E-state index in [2.05, 4.69) is 16.9 Å². The number of hydrogen-bond acceptors (Lipinski definition) is 2. The van der Waals surface area contributed by atoms with Crippen LogP contribution in [0.15, 0.2) is 12.2 Å². The molecule has 2 nitrogen and oxygen atoms in total. The summed E-state index contributed by atoms with van der Waals surface area (Å²) < 4.78 is 3.86. The van der Waals surface area contributed by atoms with Crippen LogP contribution < -0.4 is 0 Å². The normalized spacial score (nSPS) is 14.9. The van der Waals surface area contributed by atoms with Gasteiger partial charge in [0.2, 0.25) is 0 Å². The summed E-state index contributed by atoms with van der Waals surface area (Å²) in [5.41, 5.74) is 0. The first-order valence-electron chi connectivity index (χ1n) is 3.53. The highest BCUT2D eigenvalue weighted by molar-refractivity contribution is 5.36. The van der Waals surface area contributed by atoms with Crippen molar-refractivity contribution in [2.45, 2.75) is 25.7 Å². The van der Waals surface area contributed by atoms with Gasteiger partial charge in [-0.2, -0.15) is 0 Å². The lowest BCUT2D eigenvalue weighted by molar-refractivity contribution is -0.126. The van der Waals surface area contributed by atoms with E-state index < -0.39 is 0 Å². The molecule has 0 unspecified atom stereocenters. The average molecular weight is 142 g/mol. The lowest BCUT2D eigenvalue weighted by Crippen LogP contribution is -1.77. The van der Waals surface area contributed by atoms with Gasteiger partial charge in [-0.3, -0.25) is 4.79 Å². The van der Waals surface area contributed by atoms with Gasteiger partial charge >= 0.3 is 0 Å². The molecule has 0 aliphatic heterocycles. The smallest absolute Gasteiger partial charge is 0.292 e. The van der Waals surface area contributed by atoms with Gasteiger partial charge in [-0.25, -0.2) is 0 Å². The molecule has 10 heavy (non-hydrogen) atoms. The number of ether oxygens (including phenoxy) is 1. The zero-order valence-corrected chi connectivity index (χ0v) is 6.38. The summed E-state index contributed by atoms with van der Waals surface area (Å²) in [6.07, 6.45) is 10.0. The van der Waals surface area contributed by atoms with E-state index in [0.29, 0.717) is 6.47 Å². The van der Waals surface area contributed by atoms with Gasteiger partial charge in [-0.15, -0.1) is 0 Å². The number of rotatable bonds is 1. The van der Waals surface area contributed by atoms with E-state index in [4.69, 9.17) is 4.79 Å². The van der Waals surface area contributed by atoms with Crippen LogP contribution in [0.3, 0.4) is 0 Å². The van der Waals surface area contributed by atoms with E-state index >= 15 is 0 Å². The van der Waals surface area contributed by atoms with Crippen molar-refractivity contribution in [2.24, 2.45) is 0 Å². The summed E-state index contributed by atoms with van der Waals surface area (Å²) in [4.78, 5) is 8.95. The Hall–Kier alpha value is -0.790. The fraction of sp³-hybridized carbons (Fsp3) is 0.625. The van der Waals surface area contributed by atoms with E-state index in [1.165, 1.54) is 32.8 Å². The first-order chi connectivity index (χ1) is 4.91. The van der Waals surface area contributed by atoms with Gasteiger partial charge in [0, 0.05) is 0 Å². The molecule has 1 aliphatic rings. The highest BCUT2D eigenvalue weighted by Crippen LogP contribution is 2.07. The third-order valence-electron chi connectivity index (χ3n) is 1.25. The molecule has 1 rings (SSSR count). The lowest BCUT2D eigenvalue weighted by atomic mass is 10.1. The lowest BCUT2D eigenvalue weighted by Gasteiger charge is -1.97. The Balaban J connectivity index is 0.000000180. The van der Waals surface area contributed by atoms with Crippen molar-refractivity contribution in [1.82, 2.24) is 0 Å². The summed E-state index contributed by atoms with van der Waals surface area (Å²) >= 11 is 0. The molecule has 0 saturated heterocycles. The van der Waals surface area contributed by atoms with Gasteiger partial charge in [-0.1, -0.05) is 12.2 Å². The van der Waals surface area contributed by atoms with Gasteiger partial charge < -0.3 is 4.74 Å². The van der Waals surface area contributed by atoms with E-state index in [0.717, 1.165) is 0 Å². The molecular formula is C8H14O2. The molecule has 0 N–H and O–H groups in total. The van der Waals surface area contributed by atoms with Gasteiger partial charge in [0.05, 0.1) is 7.11 Å². The Morgan fingerprint density at radius 1 is 1.30 bits per heavy atom. The summed E-state index contributed by atoms with van der Waals surface area (Å²) in [7, 11) is 1.31. The zero-order chi connectivity index (χ0) is 7.66. The zero-order valence-electron chi connectivity index (χ0n) is 6.38. The molecule has 0 radical (unpaired) electrons. The molecule has 0 amide bonds. The number of carbonyl (C=O) groups is 1. The van der Waals surface area contributed by atoms with E-state index in [1.54, 1.807) is 0 Å². The van der Waals surface area contributed by atoms with Crippen LogP contribution in [0.1, 0.15) is 25.7 Å². The summed E-state index contributed by atoms with van der Waals surface area (Å²) in [6, 6.07) is 0.